The SMILES string of the molecule is NC(=O)c1ncccc1-n1c(C(F)(F)C(F)(F)F)nc(F)c1F. The second-order valence-electron chi connectivity index (χ2n) is 4.16. The van der Waals surface area contributed by atoms with Crippen molar-refractivity contribution in [2.75, 3.05) is 0 Å². The lowest BCUT2D eigenvalue weighted by atomic mass is 10.2. The Morgan fingerprint density at radius 3 is 2.30 bits per heavy atom. The molecule has 1 amide bonds. The van der Waals surface area contributed by atoms with Crippen LogP contribution in [0.1, 0.15) is 16.3 Å². The Labute approximate surface area is 122 Å². The number of imidazole rings is 1. The van der Waals surface area contributed by atoms with Gasteiger partial charge in [0.2, 0.25) is 0 Å². The zero-order chi connectivity index (χ0) is 17.6. The summed E-state index contributed by atoms with van der Waals surface area (Å²) in [6, 6.07) is 1.75. The molecule has 0 aliphatic heterocycles. The molecule has 5 nitrogen and oxygen atoms in total. The molecule has 2 rings (SSSR count). The van der Waals surface area contributed by atoms with Gasteiger partial charge >= 0.3 is 12.1 Å². The predicted octanol–water partition coefficient (Wildman–Crippen LogP) is 2.30. The van der Waals surface area contributed by atoms with Gasteiger partial charge in [0.15, 0.2) is 11.5 Å². The highest BCUT2D eigenvalue weighted by Crippen LogP contribution is 2.44. The van der Waals surface area contributed by atoms with E-state index >= 15 is 0 Å². The summed E-state index contributed by atoms with van der Waals surface area (Å²) in [5.74, 6) is -13.7. The summed E-state index contributed by atoms with van der Waals surface area (Å²) in [7, 11) is 0. The first kappa shape index (κ1) is 16.7. The van der Waals surface area contributed by atoms with Crippen molar-refractivity contribution in [2.45, 2.75) is 12.1 Å². The third-order valence-electron chi connectivity index (χ3n) is 2.68. The van der Waals surface area contributed by atoms with Gasteiger partial charge in [-0.05, 0) is 12.1 Å². The van der Waals surface area contributed by atoms with Crippen LogP contribution in [-0.2, 0) is 5.92 Å². The molecule has 23 heavy (non-hydrogen) atoms. The van der Waals surface area contributed by atoms with Crippen molar-refractivity contribution in [1.29, 1.82) is 0 Å². The number of hydrogen-bond donors (Lipinski definition) is 1. The molecule has 0 atom stereocenters. The number of nitrogens with two attached hydrogens (primary N) is 1. The number of rotatable bonds is 3. The van der Waals surface area contributed by atoms with E-state index in [1.54, 1.807) is 0 Å². The molecule has 0 aliphatic carbocycles. The van der Waals surface area contributed by atoms with E-state index in [4.69, 9.17) is 5.73 Å². The minimum Gasteiger partial charge on any atom is -0.364 e. The van der Waals surface area contributed by atoms with Gasteiger partial charge in [-0.25, -0.2) is 4.98 Å². The molecule has 0 unspecified atom stereocenters. The Balaban J connectivity index is 2.83. The van der Waals surface area contributed by atoms with Gasteiger partial charge in [-0.3, -0.25) is 9.36 Å². The molecule has 0 aliphatic rings. The average Bonchev–Trinajstić information content (AvgIpc) is 2.74. The number of amides is 1. The van der Waals surface area contributed by atoms with Gasteiger partial charge in [-0.15, -0.1) is 0 Å². The molecule has 2 aromatic rings. The maximum Gasteiger partial charge on any atom is 0.461 e. The van der Waals surface area contributed by atoms with Crippen LogP contribution in [0, 0.1) is 11.9 Å². The van der Waals surface area contributed by atoms with Crippen molar-refractivity contribution in [3.63, 3.8) is 0 Å². The number of carbonyl (C=O) groups is 1. The summed E-state index contributed by atoms with van der Waals surface area (Å²) in [4.78, 5) is 16.8. The van der Waals surface area contributed by atoms with Crippen molar-refractivity contribution < 1.29 is 35.5 Å². The number of alkyl halides is 5. The van der Waals surface area contributed by atoms with Crippen molar-refractivity contribution in [1.82, 2.24) is 14.5 Å². The molecule has 12 heteroatoms. The molecular formula is C11H5F7N4O. The van der Waals surface area contributed by atoms with Crippen LogP contribution in [0.15, 0.2) is 18.3 Å². The van der Waals surface area contributed by atoms with Gasteiger partial charge in [-0.2, -0.15) is 35.7 Å². The van der Waals surface area contributed by atoms with Crippen LogP contribution in [0.5, 0.6) is 0 Å². The summed E-state index contributed by atoms with van der Waals surface area (Å²) < 4.78 is 90.7. The van der Waals surface area contributed by atoms with Crippen LogP contribution >= 0.6 is 0 Å². The minimum absolute atomic E-state index is 0.490. The van der Waals surface area contributed by atoms with Gasteiger partial charge < -0.3 is 5.73 Å². The van der Waals surface area contributed by atoms with Crippen LogP contribution < -0.4 is 5.73 Å². The van der Waals surface area contributed by atoms with Crippen molar-refractivity contribution in [3.8, 4) is 5.69 Å². The van der Waals surface area contributed by atoms with E-state index in [0.29, 0.717) is 0 Å². The average molecular weight is 342 g/mol. The molecule has 0 aromatic carbocycles. The molecule has 0 fully saturated rings. The predicted molar refractivity (Wildman–Crippen MR) is 59.7 cm³/mol. The maximum absolute atomic E-state index is 13.7. The van der Waals surface area contributed by atoms with Crippen LogP contribution in [0.4, 0.5) is 30.7 Å². The smallest absolute Gasteiger partial charge is 0.364 e. The highest BCUT2D eigenvalue weighted by Gasteiger charge is 2.62. The molecular weight excluding hydrogens is 337 g/mol. The fourth-order valence-corrected chi connectivity index (χ4v) is 1.70. The van der Waals surface area contributed by atoms with Gasteiger partial charge in [-0.1, -0.05) is 0 Å². The molecule has 2 N–H and O–H groups in total. The molecule has 0 saturated carbocycles. The Morgan fingerprint density at radius 1 is 1.17 bits per heavy atom. The Kier molecular flexibility index (Phi) is 3.78. The zero-order valence-electron chi connectivity index (χ0n) is 10.7. The summed E-state index contributed by atoms with van der Waals surface area (Å²) in [6.07, 6.45) is -5.22. The first-order chi connectivity index (χ1) is 10.5. The number of carbonyl (C=O) groups excluding carboxylic acids is 1. The highest BCUT2D eigenvalue weighted by molar-refractivity contribution is 5.94. The van der Waals surface area contributed by atoms with Crippen molar-refractivity contribution >= 4 is 5.91 Å². The molecule has 0 radical (unpaired) electrons. The maximum atomic E-state index is 13.7. The summed E-state index contributed by atoms with van der Waals surface area (Å²) >= 11 is 0. The Hall–Kier alpha value is -2.66. The van der Waals surface area contributed by atoms with Gasteiger partial charge in [0, 0.05) is 6.20 Å². The summed E-state index contributed by atoms with van der Waals surface area (Å²) in [5, 5.41) is 0. The van der Waals surface area contributed by atoms with E-state index < -0.39 is 51.7 Å². The standard InChI is InChI=1S/C11H5F7N4O/c12-6-7(13)22(4-2-1-3-20-5(4)8(19)23)9(21-6)10(14,15)11(16,17)18/h1-3H,(H2,19,23). The number of primary amides is 1. The summed E-state index contributed by atoms with van der Waals surface area (Å²) in [6.45, 7) is 0. The number of aromatic nitrogens is 3. The number of hydrogen-bond acceptors (Lipinski definition) is 3. The van der Waals surface area contributed by atoms with Crippen LogP contribution in [0.3, 0.4) is 0 Å². The van der Waals surface area contributed by atoms with Crippen LogP contribution in [-0.4, -0.2) is 26.6 Å². The van der Waals surface area contributed by atoms with Crippen LogP contribution in [0.2, 0.25) is 0 Å². The lowest BCUT2D eigenvalue weighted by Crippen LogP contribution is -2.36. The quantitative estimate of drug-likeness (QED) is 0.870. The van der Waals surface area contributed by atoms with Gasteiger partial charge in [0.25, 0.3) is 17.8 Å². The molecule has 2 heterocycles. The number of nitrogens with zero attached hydrogens (tertiary/aromatic N) is 3. The minimum atomic E-state index is -6.18. The lowest BCUT2D eigenvalue weighted by Gasteiger charge is -2.20. The van der Waals surface area contributed by atoms with Gasteiger partial charge in [0.05, 0.1) is 5.69 Å². The van der Waals surface area contributed by atoms with Crippen LogP contribution in [0.25, 0.3) is 5.69 Å². The van der Waals surface area contributed by atoms with Gasteiger partial charge in [0.1, 0.15) is 0 Å². The molecule has 0 bridgehead atoms. The first-order valence-corrected chi connectivity index (χ1v) is 5.62. The van der Waals surface area contributed by atoms with E-state index in [1.165, 1.54) is 0 Å². The van der Waals surface area contributed by atoms with E-state index in [0.717, 1.165) is 18.3 Å². The molecule has 2 aromatic heterocycles. The Bertz CT molecular complexity index is 768. The van der Waals surface area contributed by atoms with E-state index in [1.807, 2.05) is 0 Å². The fraction of sp³-hybridized carbons (Fsp3) is 0.182. The molecule has 124 valence electrons. The van der Waals surface area contributed by atoms with E-state index in [9.17, 15) is 35.5 Å². The second kappa shape index (κ2) is 5.21. The van der Waals surface area contributed by atoms with E-state index in [-0.39, 0.29) is 0 Å². The van der Waals surface area contributed by atoms with Crippen molar-refractivity contribution in [3.05, 3.63) is 41.7 Å². The normalized spacial score (nSPS) is 12.5. The Morgan fingerprint density at radius 2 is 1.78 bits per heavy atom. The third-order valence-corrected chi connectivity index (χ3v) is 2.68. The third kappa shape index (κ3) is 2.59. The summed E-state index contributed by atoms with van der Waals surface area (Å²) in [5.41, 5.74) is 3.14. The molecule has 0 saturated heterocycles. The van der Waals surface area contributed by atoms with Crippen molar-refractivity contribution in [2.24, 2.45) is 5.73 Å². The number of pyridine rings is 1. The largest absolute Gasteiger partial charge is 0.461 e. The highest BCUT2D eigenvalue weighted by atomic mass is 19.4. The fourth-order valence-electron chi connectivity index (χ4n) is 1.70. The zero-order valence-corrected chi connectivity index (χ0v) is 10.7. The lowest BCUT2D eigenvalue weighted by molar-refractivity contribution is -0.293. The topological polar surface area (TPSA) is 73.8 Å². The molecule has 0 spiro atoms. The first-order valence-electron chi connectivity index (χ1n) is 5.62. The van der Waals surface area contributed by atoms with E-state index in [2.05, 4.69) is 9.97 Å². The number of halogens is 7. The monoisotopic (exact) mass is 342 g/mol. The second-order valence-corrected chi connectivity index (χ2v) is 4.16.